The highest BCUT2D eigenvalue weighted by molar-refractivity contribution is 7.46. The molecule has 0 radical (unpaired) electrons. The van der Waals surface area contributed by atoms with Crippen molar-refractivity contribution in [3.63, 3.8) is 0 Å². The van der Waals surface area contributed by atoms with E-state index >= 15 is 0 Å². The third kappa shape index (κ3) is 37.3. The highest BCUT2D eigenvalue weighted by atomic mass is 31.2. The number of ether oxygens (including phenoxy) is 3. The molecule has 0 aliphatic rings. The van der Waals surface area contributed by atoms with Crippen LogP contribution in [0.25, 0.3) is 0 Å². The van der Waals surface area contributed by atoms with Gasteiger partial charge < -0.3 is 29.3 Å². The Balaban J connectivity index is 3.72. The average molecular weight is 666 g/mol. The van der Waals surface area contributed by atoms with Gasteiger partial charge in [-0.1, -0.05) is 135 Å². The van der Waals surface area contributed by atoms with Crippen molar-refractivity contribution in [1.29, 1.82) is 0 Å². The Morgan fingerprint density at radius 1 is 0.644 bits per heavy atom. The van der Waals surface area contributed by atoms with Gasteiger partial charge in [0.05, 0.1) is 13.2 Å². The molecule has 268 valence electrons. The summed E-state index contributed by atoms with van der Waals surface area (Å²) < 4.78 is 32.0. The molecule has 1 amide bonds. The maximum Gasteiger partial charge on any atom is 0.469 e. The molecule has 10 nitrogen and oxygen atoms in total. The van der Waals surface area contributed by atoms with Gasteiger partial charge in [-0.2, -0.15) is 0 Å². The van der Waals surface area contributed by atoms with Crippen LogP contribution in [0.1, 0.15) is 168 Å². The standard InChI is InChI=1S/C34H68NO9P/c1-3-4-5-6-7-8-14-17-20-23-26-34(37)44-33(30-43-45(38,39)40)29-42-31-41-28-25-22-19-16-13-11-9-10-12-15-18-21-24-27-35-32(2)36/h33H,3-31H2,1-2H3,(H,35,36)(H2,38,39,40)/t33-/m0/s1. The van der Waals surface area contributed by atoms with Crippen LogP contribution in [0.5, 0.6) is 0 Å². The van der Waals surface area contributed by atoms with Crippen LogP contribution in [0.15, 0.2) is 0 Å². The summed E-state index contributed by atoms with van der Waals surface area (Å²) in [4.78, 5) is 41.1. The Morgan fingerprint density at radius 3 is 1.60 bits per heavy atom. The zero-order chi connectivity index (χ0) is 33.3. The van der Waals surface area contributed by atoms with E-state index in [2.05, 4.69) is 16.8 Å². The summed E-state index contributed by atoms with van der Waals surface area (Å²) in [5.41, 5.74) is 0. The molecule has 1 atom stereocenters. The van der Waals surface area contributed by atoms with Crippen LogP contribution in [0, 0.1) is 0 Å². The number of nitrogens with one attached hydrogen (secondary N) is 1. The minimum atomic E-state index is -4.68. The Kier molecular flexibility index (Phi) is 32.1. The van der Waals surface area contributed by atoms with Crippen molar-refractivity contribution in [3.05, 3.63) is 0 Å². The summed E-state index contributed by atoms with van der Waals surface area (Å²) in [7, 11) is -4.68. The first-order valence-corrected chi connectivity index (χ1v) is 19.6. The molecule has 0 rings (SSSR count). The zero-order valence-corrected chi connectivity index (χ0v) is 29.7. The third-order valence-electron chi connectivity index (χ3n) is 7.77. The molecule has 11 heteroatoms. The van der Waals surface area contributed by atoms with Gasteiger partial charge in [-0.25, -0.2) is 4.57 Å². The van der Waals surface area contributed by atoms with Crippen molar-refractivity contribution in [2.75, 3.05) is 33.2 Å². The van der Waals surface area contributed by atoms with Crippen LogP contribution < -0.4 is 5.32 Å². The predicted molar refractivity (Wildman–Crippen MR) is 180 cm³/mol. The molecule has 0 unspecified atom stereocenters. The summed E-state index contributed by atoms with van der Waals surface area (Å²) in [5.74, 6) is -0.355. The molecule has 45 heavy (non-hydrogen) atoms. The van der Waals surface area contributed by atoms with Crippen molar-refractivity contribution >= 4 is 19.7 Å². The van der Waals surface area contributed by atoms with Crippen LogP contribution in [0.3, 0.4) is 0 Å². The maximum absolute atomic E-state index is 12.3. The molecule has 0 heterocycles. The molecule has 3 N–H and O–H groups in total. The maximum atomic E-state index is 12.3. The lowest BCUT2D eigenvalue weighted by Gasteiger charge is -2.18. The minimum Gasteiger partial charge on any atom is -0.457 e. The lowest BCUT2D eigenvalue weighted by Crippen LogP contribution is -2.28. The Bertz CT molecular complexity index is 720. The Labute approximate surface area is 274 Å². The van der Waals surface area contributed by atoms with Crippen molar-refractivity contribution in [2.24, 2.45) is 0 Å². The van der Waals surface area contributed by atoms with Crippen molar-refractivity contribution in [2.45, 2.75) is 174 Å². The van der Waals surface area contributed by atoms with Crippen LogP contribution >= 0.6 is 7.82 Å². The number of amides is 1. The minimum absolute atomic E-state index is 0.0255. The third-order valence-corrected chi connectivity index (χ3v) is 8.26. The zero-order valence-electron chi connectivity index (χ0n) is 28.8. The second kappa shape index (κ2) is 32.9. The Hall–Kier alpha value is -1.03. The van der Waals surface area contributed by atoms with Gasteiger partial charge in [0, 0.05) is 26.5 Å². The quantitative estimate of drug-likeness (QED) is 0.0263. The molecule has 0 aliphatic heterocycles. The highest BCUT2D eigenvalue weighted by Crippen LogP contribution is 2.35. The molecule has 0 aromatic rings. The van der Waals surface area contributed by atoms with E-state index in [1.54, 1.807) is 6.92 Å². The highest BCUT2D eigenvalue weighted by Gasteiger charge is 2.21. The van der Waals surface area contributed by atoms with E-state index in [1.807, 2.05) is 0 Å². The van der Waals surface area contributed by atoms with E-state index in [-0.39, 0.29) is 25.7 Å². The smallest absolute Gasteiger partial charge is 0.457 e. The average Bonchev–Trinajstić information content (AvgIpc) is 2.99. The van der Waals surface area contributed by atoms with Gasteiger partial charge in [-0.3, -0.25) is 14.1 Å². The predicted octanol–water partition coefficient (Wildman–Crippen LogP) is 8.52. The fourth-order valence-corrected chi connectivity index (χ4v) is 5.49. The Morgan fingerprint density at radius 2 is 1.11 bits per heavy atom. The summed E-state index contributed by atoms with van der Waals surface area (Å²) >= 11 is 0. The number of carbonyl (C=O) groups is 2. The van der Waals surface area contributed by atoms with E-state index in [1.165, 1.54) is 109 Å². The van der Waals surface area contributed by atoms with Crippen LogP contribution in [-0.2, 0) is 32.9 Å². The summed E-state index contributed by atoms with van der Waals surface area (Å²) in [6, 6.07) is 0. The molecule has 0 saturated carbocycles. The van der Waals surface area contributed by atoms with E-state index in [0.717, 1.165) is 45.1 Å². The van der Waals surface area contributed by atoms with Crippen molar-refractivity contribution in [1.82, 2.24) is 5.32 Å². The fourth-order valence-electron chi connectivity index (χ4n) is 5.13. The number of hydrogen-bond acceptors (Lipinski definition) is 7. The van der Waals surface area contributed by atoms with Crippen LogP contribution in [-0.4, -0.2) is 60.9 Å². The second-order valence-corrected chi connectivity index (χ2v) is 13.5. The van der Waals surface area contributed by atoms with E-state index in [4.69, 9.17) is 24.0 Å². The van der Waals surface area contributed by atoms with Gasteiger partial charge in [0.15, 0.2) is 0 Å². The molecule has 0 spiro atoms. The van der Waals surface area contributed by atoms with E-state index in [9.17, 15) is 14.2 Å². The van der Waals surface area contributed by atoms with Gasteiger partial charge in [0.1, 0.15) is 12.9 Å². The van der Waals surface area contributed by atoms with Gasteiger partial charge in [0.2, 0.25) is 5.91 Å². The number of phosphoric ester groups is 1. The molecular weight excluding hydrogens is 597 g/mol. The number of phosphoric acid groups is 1. The van der Waals surface area contributed by atoms with Gasteiger partial charge in [0.25, 0.3) is 0 Å². The van der Waals surface area contributed by atoms with E-state index < -0.39 is 26.5 Å². The molecule has 0 aliphatic carbocycles. The first-order chi connectivity index (χ1) is 21.7. The van der Waals surface area contributed by atoms with Gasteiger partial charge >= 0.3 is 13.8 Å². The van der Waals surface area contributed by atoms with Crippen LogP contribution in [0.2, 0.25) is 0 Å². The topological polar surface area (TPSA) is 141 Å². The second-order valence-electron chi connectivity index (χ2n) is 12.3. The largest absolute Gasteiger partial charge is 0.469 e. The van der Waals surface area contributed by atoms with Crippen LogP contribution in [0.4, 0.5) is 0 Å². The number of rotatable bonds is 35. The molecule has 0 saturated heterocycles. The van der Waals surface area contributed by atoms with Gasteiger partial charge in [-0.05, 0) is 19.3 Å². The summed E-state index contributed by atoms with van der Waals surface area (Å²) in [5, 5.41) is 2.84. The molecule has 0 aromatic heterocycles. The number of hydrogen-bond donors (Lipinski definition) is 3. The number of carbonyl (C=O) groups excluding carboxylic acids is 2. The number of unbranched alkanes of at least 4 members (excludes halogenated alkanes) is 21. The monoisotopic (exact) mass is 665 g/mol. The first kappa shape index (κ1) is 44.0. The first-order valence-electron chi connectivity index (χ1n) is 18.0. The summed E-state index contributed by atoms with van der Waals surface area (Å²) in [6.45, 7) is 4.69. The lowest BCUT2D eigenvalue weighted by molar-refractivity contribution is -0.158. The number of esters is 1. The molecule has 0 aromatic carbocycles. The van der Waals surface area contributed by atoms with Gasteiger partial charge in [-0.15, -0.1) is 0 Å². The molecule has 0 fully saturated rings. The fraction of sp³-hybridized carbons (Fsp3) is 0.941. The summed E-state index contributed by atoms with van der Waals surface area (Å²) in [6.07, 6.45) is 26.8. The molecular formula is C34H68NO9P. The lowest BCUT2D eigenvalue weighted by atomic mass is 10.0. The SMILES string of the molecule is CCCCCCCCCCCCC(=O)O[C@@H](COCOCCCCCCCCCCCCCCCNC(C)=O)COP(=O)(O)O. The van der Waals surface area contributed by atoms with Crippen molar-refractivity contribution in [3.8, 4) is 0 Å². The van der Waals surface area contributed by atoms with E-state index in [0.29, 0.717) is 6.61 Å². The normalized spacial score (nSPS) is 12.4. The van der Waals surface area contributed by atoms with Crippen molar-refractivity contribution < 1.29 is 42.7 Å². The molecule has 0 bridgehead atoms.